The number of nitrogens with one attached hydrogen (secondary N) is 1. The number of benzene rings is 1. The van der Waals surface area contributed by atoms with Gasteiger partial charge in [-0.1, -0.05) is 17.7 Å². The number of rotatable bonds is 6. The van der Waals surface area contributed by atoms with Crippen molar-refractivity contribution in [1.82, 2.24) is 9.97 Å². The maximum Gasteiger partial charge on any atom is 0.158 e. The molecule has 0 aliphatic rings. The monoisotopic (exact) mass is 309 g/mol. The van der Waals surface area contributed by atoms with Gasteiger partial charge in [0.1, 0.15) is 23.4 Å². The number of methoxy groups -OCH3 is 1. The highest BCUT2D eigenvalue weighted by molar-refractivity contribution is 6.29. The van der Waals surface area contributed by atoms with Gasteiger partial charge in [-0.25, -0.2) is 14.4 Å². The zero-order chi connectivity index (χ0) is 15.2. The highest BCUT2D eigenvalue weighted by Crippen LogP contribution is 2.14. The molecule has 1 aromatic heterocycles. The second kappa shape index (κ2) is 7.33. The van der Waals surface area contributed by atoms with Crippen molar-refractivity contribution in [1.29, 1.82) is 0 Å². The summed E-state index contributed by atoms with van der Waals surface area (Å²) in [4.78, 5) is 8.36. The van der Waals surface area contributed by atoms with Crippen LogP contribution in [0.25, 0.3) is 0 Å². The van der Waals surface area contributed by atoms with Gasteiger partial charge in [0.25, 0.3) is 0 Å². The standard InChI is InChI=1S/C15H17ClFN3O/c1-10-7-12(17)4-3-11(10)5-6-18-14-8-13(16)19-15(20-14)9-21-2/h3-4,7-8H,5-6,9H2,1-2H3,(H,18,19,20). The van der Waals surface area contributed by atoms with Crippen molar-refractivity contribution in [3.8, 4) is 0 Å². The molecule has 0 bridgehead atoms. The second-order valence-electron chi connectivity index (χ2n) is 4.67. The molecule has 0 saturated carbocycles. The predicted octanol–water partition coefficient (Wildman–Crippen LogP) is 3.38. The third-order valence-electron chi connectivity index (χ3n) is 3.02. The lowest BCUT2D eigenvalue weighted by Crippen LogP contribution is -2.09. The van der Waals surface area contributed by atoms with Gasteiger partial charge in [-0.2, -0.15) is 0 Å². The van der Waals surface area contributed by atoms with E-state index < -0.39 is 0 Å². The summed E-state index contributed by atoms with van der Waals surface area (Å²) in [5, 5.41) is 3.56. The van der Waals surface area contributed by atoms with Crippen molar-refractivity contribution in [3.05, 3.63) is 52.2 Å². The Bertz CT molecular complexity index is 622. The molecule has 6 heteroatoms. The van der Waals surface area contributed by atoms with Crippen LogP contribution in [-0.4, -0.2) is 23.6 Å². The molecule has 0 saturated heterocycles. The average molecular weight is 310 g/mol. The number of ether oxygens (including phenoxy) is 1. The van der Waals surface area contributed by atoms with Gasteiger partial charge in [0.05, 0.1) is 0 Å². The molecule has 0 atom stereocenters. The Labute approximate surface area is 128 Å². The lowest BCUT2D eigenvalue weighted by Gasteiger charge is -2.09. The summed E-state index contributed by atoms with van der Waals surface area (Å²) in [5.74, 6) is 0.975. The van der Waals surface area contributed by atoms with Crippen molar-refractivity contribution in [2.45, 2.75) is 20.0 Å². The number of nitrogens with zero attached hydrogens (tertiary/aromatic N) is 2. The first-order valence-electron chi connectivity index (χ1n) is 6.60. The molecule has 2 aromatic rings. The van der Waals surface area contributed by atoms with Crippen LogP contribution >= 0.6 is 11.6 Å². The fourth-order valence-electron chi connectivity index (χ4n) is 2.01. The second-order valence-corrected chi connectivity index (χ2v) is 5.06. The van der Waals surface area contributed by atoms with E-state index >= 15 is 0 Å². The van der Waals surface area contributed by atoms with Crippen molar-refractivity contribution in [2.24, 2.45) is 0 Å². The van der Waals surface area contributed by atoms with Crippen LogP contribution in [0.1, 0.15) is 17.0 Å². The molecule has 0 radical (unpaired) electrons. The minimum Gasteiger partial charge on any atom is -0.377 e. The number of hydrogen-bond acceptors (Lipinski definition) is 4. The molecule has 0 aliphatic heterocycles. The molecule has 112 valence electrons. The number of aromatic nitrogens is 2. The highest BCUT2D eigenvalue weighted by atomic mass is 35.5. The summed E-state index contributed by atoms with van der Waals surface area (Å²) in [7, 11) is 1.58. The van der Waals surface area contributed by atoms with Crippen LogP contribution in [0.15, 0.2) is 24.3 Å². The van der Waals surface area contributed by atoms with Gasteiger partial charge in [0.15, 0.2) is 5.82 Å². The van der Waals surface area contributed by atoms with Crippen LogP contribution in [-0.2, 0) is 17.8 Å². The van der Waals surface area contributed by atoms with E-state index in [9.17, 15) is 4.39 Å². The maximum atomic E-state index is 13.0. The number of aryl methyl sites for hydroxylation is 1. The molecule has 4 nitrogen and oxygen atoms in total. The fourth-order valence-corrected chi connectivity index (χ4v) is 2.21. The molecule has 0 unspecified atom stereocenters. The zero-order valence-corrected chi connectivity index (χ0v) is 12.7. The van der Waals surface area contributed by atoms with Crippen LogP contribution in [0, 0.1) is 12.7 Å². The zero-order valence-electron chi connectivity index (χ0n) is 12.0. The molecular formula is C15H17ClFN3O. The molecule has 2 rings (SSSR count). The van der Waals surface area contributed by atoms with Crippen molar-refractivity contribution in [3.63, 3.8) is 0 Å². The SMILES string of the molecule is COCc1nc(Cl)cc(NCCc2ccc(F)cc2C)n1. The summed E-state index contributed by atoms with van der Waals surface area (Å²) >= 11 is 5.94. The third-order valence-corrected chi connectivity index (χ3v) is 3.21. The van der Waals surface area contributed by atoms with Crippen LogP contribution in [0.3, 0.4) is 0 Å². The molecule has 0 aliphatic carbocycles. The van der Waals surface area contributed by atoms with Crippen LogP contribution in [0.5, 0.6) is 0 Å². The van der Waals surface area contributed by atoms with Crippen LogP contribution < -0.4 is 5.32 Å². The van der Waals surface area contributed by atoms with Gasteiger partial charge in [-0.05, 0) is 36.6 Å². The Balaban J connectivity index is 1.96. The van der Waals surface area contributed by atoms with E-state index in [1.54, 1.807) is 19.2 Å². The number of halogens is 2. The van der Waals surface area contributed by atoms with Crippen LogP contribution in [0.2, 0.25) is 5.15 Å². The number of hydrogen-bond donors (Lipinski definition) is 1. The maximum absolute atomic E-state index is 13.0. The molecular weight excluding hydrogens is 293 g/mol. The Morgan fingerprint density at radius 1 is 1.29 bits per heavy atom. The van der Waals surface area contributed by atoms with Crippen LogP contribution in [0.4, 0.5) is 10.2 Å². The van der Waals surface area contributed by atoms with Gasteiger partial charge >= 0.3 is 0 Å². The first-order valence-corrected chi connectivity index (χ1v) is 6.97. The number of anilines is 1. The lowest BCUT2D eigenvalue weighted by atomic mass is 10.1. The summed E-state index contributed by atoms with van der Waals surface area (Å²) in [6, 6.07) is 6.47. The summed E-state index contributed by atoms with van der Waals surface area (Å²) in [6.45, 7) is 2.88. The molecule has 0 fully saturated rings. The van der Waals surface area contributed by atoms with E-state index in [1.165, 1.54) is 12.1 Å². The van der Waals surface area contributed by atoms with Crippen molar-refractivity contribution < 1.29 is 9.13 Å². The Morgan fingerprint density at radius 2 is 2.10 bits per heavy atom. The smallest absolute Gasteiger partial charge is 0.158 e. The summed E-state index contributed by atoms with van der Waals surface area (Å²) in [5.41, 5.74) is 2.04. The van der Waals surface area contributed by atoms with Crippen molar-refractivity contribution >= 4 is 17.4 Å². The fraction of sp³-hybridized carbons (Fsp3) is 0.333. The minimum atomic E-state index is -0.212. The molecule has 0 amide bonds. The third kappa shape index (κ3) is 4.65. The van der Waals surface area contributed by atoms with Gasteiger partial charge in [-0.3, -0.25) is 0 Å². The van der Waals surface area contributed by atoms with Gasteiger partial charge in [-0.15, -0.1) is 0 Å². The molecule has 1 aromatic carbocycles. The topological polar surface area (TPSA) is 47.0 Å². The van der Waals surface area contributed by atoms with E-state index in [0.717, 1.165) is 17.5 Å². The predicted molar refractivity (Wildman–Crippen MR) is 81.1 cm³/mol. The largest absolute Gasteiger partial charge is 0.377 e. The Morgan fingerprint density at radius 3 is 2.81 bits per heavy atom. The average Bonchev–Trinajstić information content (AvgIpc) is 2.41. The first-order chi connectivity index (χ1) is 10.1. The van der Waals surface area contributed by atoms with Gasteiger partial charge in [0.2, 0.25) is 0 Å². The van der Waals surface area contributed by atoms with Crippen molar-refractivity contribution in [2.75, 3.05) is 19.0 Å². The Hall–Kier alpha value is -1.72. The molecule has 1 heterocycles. The quantitative estimate of drug-likeness (QED) is 0.831. The van der Waals surface area contributed by atoms with E-state index in [1.807, 2.05) is 6.92 Å². The van der Waals surface area contributed by atoms with E-state index in [2.05, 4.69) is 15.3 Å². The highest BCUT2D eigenvalue weighted by Gasteiger charge is 2.04. The normalized spacial score (nSPS) is 10.7. The minimum absolute atomic E-state index is 0.212. The van der Waals surface area contributed by atoms with E-state index in [-0.39, 0.29) is 5.82 Å². The molecule has 21 heavy (non-hydrogen) atoms. The Kier molecular flexibility index (Phi) is 5.47. The van der Waals surface area contributed by atoms with E-state index in [0.29, 0.717) is 29.9 Å². The van der Waals surface area contributed by atoms with E-state index in [4.69, 9.17) is 16.3 Å². The lowest BCUT2D eigenvalue weighted by molar-refractivity contribution is 0.178. The van der Waals surface area contributed by atoms with Gasteiger partial charge in [0, 0.05) is 19.7 Å². The molecule has 1 N–H and O–H groups in total. The summed E-state index contributed by atoms with van der Waals surface area (Å²) in [6.07, 6.45) is 0.771. The first kappa shape index (κ1) is 15.7. The van der Waals surface area contributed by atoms with Gasteiger partial charge < -0.3 is 10.1 Å². The summed E-state index contributed by atoms with van der Waals surface area (Å²) < 4.78 is 18.0. The molecule has 0 spiro atoms.